The number of anilines is 1. The predicted octanol–water partition coefficient (Wildman–Crippen LogP) is 1.62. The summed E-state index contributed by atoms with van der Waals surface area (Å²) in [5.74, 6) is -1.51. The van der Waals surface area contributed by atoms with Crippen molar-refractivity contribution in [2.24, 2.45) is 0 Å². The Morgan fingerprint density at radius 2 is 1.50 bits per heavy atom. The van der Waals surface area contributed by atoms with E-state index < -0.39 is 11.8 Å². The normalized spacial score (nSPS) is 14.7. The minimum absolute atomic E-state index is 0.0422. The molecule has 1 fully saturated rings. The lowest BCUT2D eigenvalue weighted by Crippen LogP contribution is -2.52. The third kappa shape index (κ3) is 3.69. The zero-order chi connectivity index (χ0) is 16.3. The maximum Gasteiger partial charge on any atom is 0.313 e. The van der Waals surface area contributed by atoms with Crippen LogP contribution in [0.2, 0.25) is 10.0 Å². The van der Waals surface area contributed by atoms with Gasteiger partial charge >= 0.3 is 11.8 Å². The highest BCUT2D eigenvalue weighted by Gasteiger charge is 2.27. The van der Waals surface area contributed by atoms with Crippen LogP contribution in [0, 0.1) is 0 Å². The number of amides is 3. The molecule has 6 nitrogen and oxygen atoms in total. The van der Waals surface area contributed by atoms with Gasteiger partial charge in [-0.2, -0.15) is 0 Å². The van der Waals surface area contributed by atoms with Crippen LogP contribution in [0.3, 0.4) is 0 Å². The Labute approximate surface area is 138 Å². The van der Waals surface area contributed by atoms with E-state index in [9.17, 15) is 14.4 Å². The van der Waals surface area contributed by atoms with Crippen molar-refractivity contribution >= 4 is 46.6 Å². The molecule has 1 saturated heterocycles. The van der Waals surface area contributed by atoms with Gasteiger partial charge in [-0.25, -0.2) is 0 Å². The van der Waals surface area contributed by atoms with Crippen molar-refractivity contribution in [2.45, 2.75) is 6.92 Å². The molecule has 0 unspecified atom stereocenters. The van der Waals surface area contributed by atoms with Crippen LogP contribution in [0.25, 0.3) is 0 Å². The molecule has 0 saturated carbocycles. The van der Waals surface area contributed by atoms with Crippen LogP contribution in [-0.4, -0.2) is 53.7 Å². The Kier molecular flexibility index (Phi) is 5.26. The van der Waals surface area contributed by atoms with Crippen molar-refractivity contribution in [3.8, 4) is 0 Å². The van der Waals surface area contributed by atoms with E-state index >= 15 is 0 Å². The number of benzene rings is 1. The molecule has 8 heteroatoms. The van der Waals surface area contributed by atoms with Crippen LogP contribution in [0.1, 0.15) is 6.92 Å². The zero-order valence-electron chi connectivity index (χ0n) is 11.9. The Balaban J connectivity index is 1.99. The summed E-state index contributed by atoms with van der Waals surface area (Å²) < 4.78 is 0. The lowest BCUT2D eigenvalue weighted by Gasteiger charge is -2.33. The summed E-state index contributed by atoms with van der Waals surface area (Å²) in [6, 6.07) is 4.78. The highest BCUT2D eigenvalue weighted by Crippen LogP contribution is 2.29. The molecule has 22 heavy (non-hydrogen) atoms. The van der Waals surface area contributed by atoms with E-state index in [2.05, 4.69) is 5.32 Å². The summed E-state index contributed by atoms with van der Waals surface area (Å²) in [5, 5.41) is 2.95. The lowest BCUT2D eigenvalue weighted by atomic mass is 10.3. The maximum absolute atomic E-state index is 12.1. The van der Waals surface area contributed by atoms with E-state index in [4.69, 9.17) is 23.2 Å². The second-order valence-electron chi connectivity index (χ2n) is 4.85. The summed E-state index contributed by atoms with van der Waals surface area (Å²) in [6.45, 7) is 2.95. The number of hydrogen-bond donors (Lipinski definition) is 1. The SMILES string of the molecule is CC(=O)N1CCN(C(=O)C(=O)Nc2c(Cl)cccc2Cl)CC1. The molecule has 0 radical (unpaired) electrons. The quantitative estimate of drug-likeness (QED) is 0.787. The first kappa shape index (κ1) is 16.6. The van der Waals surface area contributed by atoms with E-state index in [1.807, 2.05) is 0 Å². The fourth-order valence-electron chi connectivity index (χ4n) is 2.15. The zero-order valence-corrected chi connectivity index (χ0v) is 13.4. The third-order valence-electron chi connectivity index (χ3n) is 3.41. The smallest absolute Gasteiger partial charge is 0.313 e. The second-order valence-corrected chi connectivity index (χ2v) is 5.66. The Morgan fingerprint density at radius 3 is 2.00 bits per heavy atom. The first-order valence-electron chi connectivity index (χ1n) is 6.70. The number of piperazine rings is 1. The summed E-state index contributed by atoms with van der Waals surface area (Å²) in [5.41, 5.74) is 0.214. The Hall–Kier alpha value is -1.79. The second kappa shape index (κ2) is 6.98. The van der Waals surface area contributed by atoms with Gasteiger partial charge < -0.3 is 15.1 Å². The molecule has 1 aliphatic rings. The minimum Gasteiger partial charge on any atom is -0.339 e. The molecule has 3 amide bonds. The molecule has 1 aromatic rings. The number of carbonyl (C=O) groups excluding carboxylic acids is 3. The molecule has 0 aliphatic carbocycles. The molecular weight excluding hydrogens is 329 g/mol. The van der Waals surface area contributed by atoms with Crippen LogP contribution < -0.4 is 5.32 Å². The number of rotatable bonds is 1. The fraction of sp³-hybridized carbons (Fsp3) is 0.357. The first-order valence-corrected chi connectivity index (χ1v) is 7.45. The van der Waals surface area contributed by atoms with Gasteiger partial charge in [-0.15, -0.1) is 0 Å². The monoisotopic (exact) mass is 343 g/mol. The molecule has 0 bridgehead atoms. The number of nitrogens with zero attached hydrogens (tertiary/aromatic N) is 2. The van der Waals surface area contributed by atoms with Crippen molar-refractivity contribution < 1.29 is 14.4 Å². The van der Waals surface area contributed by atoms with Crippen molar-refractivity contribution in [1.29, 1.82) is 0 Å². The Morgan fingerprint density at radius 1 is 1.00 bits per heavy atom. The van der Waals surface area contributed by atoms with Gasteiger partial charge in [-0.1, -0.05) is 29.3 Å². The van der Waals surface area contributed by atoms with E-state index in [1.165, 1.54) is 11.8 Å². The molecule has 1 aliphatic heterocycles. The topological polar surface area (TPSA) is 69.7 Å². The summed E-state index contributed by atoms with van der Waals surface area (Å²) >= 11 is 11.9. The van der Waals surface area contributed by atoms with Crippen LogP contribution in [-0.2, 0) is 14.4 Å². The third-order valence-corrected chi connectivity index (χ3v) is 4.04. The van der Waals surface area contributed by atoms with Crippen LogP contribution >= 0.6 is 23.2 Å². The molecule has 2 rings (SSSR count). The number of hydrogen-bond acceptors (Lipinski definition) is 3. The minimum atomic E-state index is -0.800. The number of nitrogens with one attached hydrogen (secondary N) is 1. The summed E-state index contributed by atoms with van der Waals surface area (Å²) in [4.78, 5) is 38.4. The van der Waals surface area contributed by atoms with Crippen molar-refractivity contribution in [2.75, 3.05) is 31.5 Å². The van der Waals surface area contributed by atoms with Crippen LogP contribution in [0.4, 0.5) is 5.69 Å². The van der Waals surface area contributed by atoms with Crippen molar-refractivity contribution in [1.82, 2.24) is 9.80 Å². The van der Waals surface area contributed by atoms with Crippen molar-refractivity contribution in [3.63, 3.8) is 0 Å². The number of halogens is 2. The van der Waals surface area contributed by atoms with Crippen LogP contribution in [0.15, 0.2) is 18.2 Å². The van der Waals surface area contributed by atoms with Gasteiger partial charge in [0.25, 0.3) is 0 Å². The van der Waals surface area contributed by atoms with Crippen LogP contribution in [0.5, 0.6) is 0 Å². The molecule has 0 aromatic heterocycles. The van der Waals surface area contributed by atoms with Gasteiger partial charge in [-0.05, 0) is 12.1 Å². The predicted molar refractivity (Wildman–Crippen MR) is 83.9 cm³/mol. The lowest BCUT2D eigenvalue weighted by molar-refractivity contribution is -0.145. The molecule has 1 heterocycles. The van der Waals surface area contributed by atoms with Gasteiger partial charge in [0.15, 0.2) is 0 Å². The number of para-hydroxylation sites is 1. The average Bonchev–Trinajstić information content (AvgIpc) is 2.50. The Bertz CT molecular complexity index is 593. The standard InChI is InChI=1S/C14H15Cl2N3O3/c1-9(20)18-5-7-19(8-6-18)14(22)13(21)17-12-10(15)3-2-4-11(12)16/h2-4H,5-8H2,1H3,(H,17,21). The number of carbonyl (C=O) groups is 3. The molecule has 1 N–H and O–H groups in total. The highest BCUT2D eigenvalue weighted by molar-refractivity contribution is 6.44. The molecule has 118 valence electrons. The fourth-order valence-corrected chi connectivity index (χ4v) is 2.64. The molecule has 0 atom stereocenters. The van der Waals surface area contributed by atoms with Gasteiger partial charge in [0.1, 0.15) is 0 Å². The molecular formula is C14H15Cl2N3O3. The summed E-state index contributed by atoms with van der Waals surface area (Å²) in [7, 11) is 0. The average molecular weight is 344 g/mol. The van der Waals surface area contributed by atoms with Gasteiger partial charge in [0.2, 0.25) is 5.91 Å². The maximum atomic E-state index is 12.1. The van der Waals surface area contributed by atoms with E-state index in [0.29, 0.717) is 26.2 Å². The molecule has 0 spiro atoms. The first-order chi connectivity index (χ1) is 10.4. The largest absolute Gasteiger partial charge is 0.339 e. The van der Waals surface area contributed by atoms with Gasteiger partial charge in [0, 0.05) is 33.1 Å². The van der Waals surface area contributed by atoms with Gasteiger partial charge in [0.05, 0.1) is 15.7 Å². The van der Waals surface area contributed by atoms with Crippen molar-refractivity contribution in [3.05, 3.63) is 28.2 Å². The van der Waals surface area contributed by atoms with E-state index in [1.54, 1.807) is 23.1 Å². The van der Waals surface area contributed by atoms with E-state index in [0.717, 1.165) is 0 Å². The highest BCUT2D eigenvalue weighted by atomic mass is 35.5. The molecule has 1 aromatic carbocycles. The van der Waals surface area contributed by atoms with Gasteiger partial charge in [-0.3, -0.25) is 14.4 Å². The van der Waals surface area contributed by atoms with E-state index in [-0.39, 0.29) is 21.6 Å². The summed E-state index contributed by atoms with van der Waals surface area (Å²) in [6.07, 6.45) is 0.